The molecule has 0 aliphatic carbocycles. The largest absolute Gasteiger partial charge is 0.481 e. The number of carbonyl (C=O) groups is 2. The van der Waals surface area contributed by atoms with Gasteiger partial charge in [0.2, 0.25) is 0 Å². The van der Waals surface area contributed by atoms with Gasteiger partial charge < -0.3 is 15.6 Å². The van der Waals surface area contributed by atoms with Crippen molar-refractivity contribution in [2.24, 2.45) is 5.16 Å². The molecule has 26 heavy (non-hydrogen) atoms. The first-order chi connectivity index (χ1) is 12.4. The number of benzene rings is 2. The monoisotopic (exact) mass is 357 g/mol. The summed E-state index contributed by atoms with van der Waals surface area (Å²) in [5, 5.41) is 34.0. The van der Waals surface area contributed by atoms with E-state index in [0.29, 0.717) is 11.3 Å². The van der Waals surface area contributed by atoms with Gasteiger partial charge in [0.25, 0.3) is 11.6 Å². The van der Waals surface area contributed by atoms with E-state index in [1.807, 2.05) is 0 Å². The zero-order valence-electron chi connectivity index (χ0n) is 13.5. The third-order valence-electron chi connectivity index (χ3n) is 3.51. The number of nitro groups is 1. The maximum absolute atomic E-state index is 12.1. The third kappa shape index (κ3) is 4.87. The Labute approximate surface area is 147 Å². The Bertz CT molecular complexity index is 844. The number of aliphatic carboxylic acids is 1. The van der Waals surface area contributed by atoms with Gasteiger partial charge >= 0.3 is 5.97 Å². The Kier molecular flexibility index (Phi) is 5.99. The molecule has 0 unspecified atom stereocenters. The Hall–Kier alpha value is -3.75. The number of carboxylic acids is 1. The summed E-state index contributed by atoms with van der Waals surface area (Å²) in [6.07, 6.45) is -0.0989. The molecule has 0 atom stereocenters. The van der Waals surface area contributed by atoms with Crippen molar-refractivity contribution in [2.75, 3.05) is 5.32 Å². The van der Waals surface area contributed by atoms with Crippen LogP contribution in [-0.2, 0) is 4.79 Å². The molecule has 0 spiro atoms. The van der Waals surface area contributed by atoms with Gasteiger partial charge in [0.05, 0.1) is 17.1 Å². The van der Waals surface area contributed by atoms with Crippen molar-refractivity contribution in [3.05, 3.63) is 69.8 Å². The molecular weight excluding hydrogens is 342 g/mol. The number of nitrogens with zero attached hydrogens (tertiary/aromatic N) is 2. The minimum absolute atomic E-state index is 0.0698. The van der Waals surface area contributed by atoms with Crippen LogP contribution in [0.5, 0.6) is 0 Å². The number of rotatable bonds is 7. The Morgan fingerprint density at radius 1 is 1.00 bits per heavy atom. The van der Waals surface area contributed by atoms with Crippen molar-refractivity contribution in [3.8, 4) is 0 Å². The molecule has 2 rings (SSSR count). The van der Waals surface area contributed by atoms with Gasteiger partial charge in [0, 0.05) is 29.8 Å². The van der Waals surface area contributed by atoms with Gasteiger partial charge in [-0.25, -0.2) is 0 Å². The molecule has 0 saturated heterocycles. The van der Waals surface area contributed by atoms with Gasteiger partial charge in [-0.2, -0.15) is 0 Å². The minimum Gasteiger partial charge on any atom is -0.481 e. The van der Waals surface area contributed by atoms with Crippen LogP contribution in [0.25, 0.3) is 0 Å². The Balaban J connectivity index is 2.05. The summed E-state index contributed by atoms with van der Waals surface area (Å²) in [5.74, 6) is -1.44. The van der Waals surface area contributed by atoms with Crippen molar-refractivity contribution < 1.29 is 24.8 Å². The number of carboxylic acid groups (broad SMARTS) is 1. The molecule has 0 aliphatic heterocycles. The lowest BCUT2D eigenvalue weighted by atomic mass is 10.1. The molecule has 0 aromatic heterocycles. The number of carbonyl (C=O) groups excluding carboxylic acids is 1. The van der Waals surface area contributed by atoms with Crippen LogP contribution in [0, 0.1) is 10.1 Å². The molecule has 134 valence electrons. The lowest BCUT2D eigenvalue weighted by molar-refractivity contribution is -0.384. The number of oxime groups is 1. The summed E-state index contributed by atoms with van der Waals surface area (Å²) in [7, 11) is 0. The molecule has 0 saturated carbocycles. The fourth-order valence-electron chi connectivity index (χ4n) is 2.16. The number of hydrogen-bond donors (Lipinski definition) is 3. The normalized spacial score (nSPS) is 11.0. The molecule has 2 aromatic rings. The Morgan fingerprint density at radius 2 is 1.58 bits per heavy atom. The number of amides is 1. The van der Waals surface area contributed by atoms with Crippen molar-refractivity contribution in [3.63, 3.8) is 0 Å². The summed E-state index contributed by atoms with van der Waals surface area (Å²) in [4.78, 5) is 32.8. The van der Waals surface area contributed by atoms with Crippen LogP contribution in [0.3, 0.4) is 0 Å². The van der Waals surface area contributed by atoms with Crippen LogP contribution in [0.15, 0.2) is 53.7 Å². The van der Waals surface area contributed by atoms with Crippen LogP contribution in [0.1, 0.15) is 28.8 Å². The van der Waals surface area contributed by atoms with Gasteiger partial charge in [-0.05, 0) is 29.8 Å². The van der Waals surface area contributed by atoms with Gasteiger partial charge in [-0.15, -0.1) is 0 Å². The average Bonchev–Trinajstić information content (AvgIpc) is 2.63. The lowest BCUT2D eigenvalue weighted by Gasteiger charge is -2.07. The predicted molar refractivity (Wildman–Crippen MR) is 92.7 cm³/mol. The van der Waals surface area contributed by atoms with Gasteiger partial charge in [0.1, 0.15) is 0 Å². The van der Waals surface area contributed by atoms with Crippen molar-refractivity contribution in [2.45, 2.75) is 12.8 Å². The first-order valence-electron chi connectivity index (χ1n) is 7.49. The van der Waals surface area contributed by atoms with Gasteiger partial charge in [-0.1, -0.05) is 17.3 Å². The van der Waals surface area contributed by atoms with Crippen LogP contribution in [0.4, 0.5) is 11.4 Å². The maximum atomic E-state index is 12.1. The molecule has 0 fully saturated rings. The molecule has 0 radical (unpaired) electrons. The molecule has 1 amide bonds. The highest BCUT2D eigenvalue weighted by Crippen LogP contribution is 2.16. The second-order valence-corrected chi connectivity index (χ2v) is 5.28. The van der Waals surface area contributed by atoms with E-state index in [2.05, 4.69) is 10.5 Å². The van der Waals surface area contributed by atoms with Gasteiger partial charge in [-0.3, -0.25) is 19.7 Å². The summed E-state index contributed by atoms with van der Waals surface area (Å²) in [6, 6.07) is 11.5. The molecule has 2 aromatic carbocycles. The fourth-order valence-corrected chi connectivity index (χ4v) is 2.16. The van der Waals surface area contributed by atoms with E-state index in [1.165, 1.54) is 24.3 Å². The number of nitrogens with one attached hydrogen (secondary N) is 1. The third-order valence-corrected chi connectivity index (χ3v) is 3.51. The minimum atomic E-state index is -1.00. The second-order valence-electron chi connectivity index (χ2n) is 5.28. The molecule has 0 heterocycles. The number of anilines is 1. The number of non-ortho nitro benzene ring substituents is 1. The molecule has 3 N–H and O–H groups in total. The van der Waals surface area contributed by atoms with E-state index in [1.54, 1.807) is 24.3 Å². The molecule has 0 bridgehead atoms. The zero-order chi connectivity index (χ0) is 19.1. The predicted octanol–water partition coefficient (Wildman–Crippen LogP) is 2.89. The van der Waals surface area contributed by atoms with Crippen LogP contribution < -0.4 is 5.32 Å². The van der Waals surface area contributed by atoms with Crippen LogP contribution in [0.2, 0.25) is 0 Å². The Morgan fingerprint density at radius 3 is 2.08 bits per heavy atom. The number of nitro benzene ring substituents is 1. The standard InChI is InChI=1S/C17H15N3O6/c21-16(22)10-9-15(19-24)11-1-5-13(6-2-11)18-17(23)12-3-7-14(8-4-12)20(25)26/h1-8,24H,9-10H2,(H,18,23)(H,21,22). The summed E-state index contributed by atoms with van der Waals surface area (Å²) in [5.41, 5.74) is 1.37. The van der Waals surface area contributed by atoms with E-state index in [9.17, 15) is 19.7 Å². The first-order valence-corrected chi connectivity index (χ1v) is 7.49. The van der Waals surface area contributed by atoms with E-state index < -0.39 is 16.8 Å². The maximum Gasteiger partial charge on any atom is 0.303 e. The lowest BCUT2D eigenvalue weighted by Crippen LogP contribution is -2.12. The highest BCUT2D eigenvalue weighted by Gasteiger charge is 2.11. The second kappa shape index (κ2) is 8.38. The molecular formula is C17H15N3O6. The van der Waals surface area contributed by atoms with Gasteiger partial charge in [0.15, 0.2) is 0 Å². The van der Waals surface area contributed by atoms with E-state index in [4.69, 9.17) is 10.3 Å². The topological polar surface area (TPSA) is 142 Å². The van der Waals surface area contributed by atoms with E-state index in [-0.39, 0.29) is 29.8 Å². The smallest absolute Gasteiger partial charge is 0.303 e. The molecule has 9 nitrogen and oxygen atoms in total. The quantitative estimate of drug-likeness (QED) is 0.301. The molecule has 9 heteroatoms. The van der Waals surface area contributed by atoms with Crippen LogP contribution in [-0.4, -0.2) is 32.8 Å². The summed E-state index contributed by atoms with van der Waals surface area (Å²) >= 11 is 0. The SMILES string of the molecule is O=C(O)CCC(=NO)c1ccc(NC(=O)c2ccc([N+](=O)[O-])cc2)cc1. The van der Waals surface area contributed by atoms with Crippen molar-refractivity contribution in [1.29, 1.82) is 0 Å². The fraction of sp³-hybridized carbons (Fsp3) is 0.118. The highest BCUT2D eigenvalue weighted by atomic mass is 16.6. The van der Waals surface area contributed by atoms with E-state index >= 15 is 0 Å². The van der Waals surface area contributed by atoms with Crippen molar-refractivity contribution >= 4 is 29.0 Å². The summed E-state index contributed by atoms with van der Waals surface area (Å²) < 4.78 is 0. The zero-order valence-corrected chi connectivity index (χ0v) is 13.5. The average molecular weight is 357 g/mol. The number of hydrogen-bond acceptors (Lipinski definition) is 6. The first kappa shape index (κ1) is 18.6. The molecule has 0 aliphatic rings. The summed E-state index contributed by atoms with van der Waals surface area (Å²) in [6.45, 7) is 0. The van der Waals surface area contributed by atoms with Crippen molar-refractivity contribution in [1.82, 2.24) is 0 Å². The van der Waals surface area contributed by atoms with Crippen LogP contribution >= 0.6 is 0 Å². The highest BCUT2D eigenvalue weighted by molar-refractivity contribution is 6.05. The van der Waals surface area contributed by atoms with E-state index in [0.717, 1.165) is 0 Å².